The van der Waals surface area contributed by atoms with Crippen molar-refractivity contribution >= 4 is 34.8 Å². The number of aromatic nitrogens is 1. The molecule has 1 aromatic carbocycles. The van der Waals surface area contributed by atoms with Gasteiger partial charge >= 0.3 is 6.18 Å². The fourth-order valence-corrected chi connectivity index (χ4v) is 3.28. The van der Waals surface area contributed by atoms with E-state index in [1.54, 1.807) is 0 Å². The van der Waals surface area contributed by atoms with Gasteiger partial charge in [-0.25, -0.2) is 4.98 Å². The van der Waals surface area contributed by atoms with E-state index in [4.69, 9.17) is 4.74 Å². The summed E-state index contributed by atoms with van der Waals surface area (Å²) >= 11 is 1.09. The minimum atomic E-state index is -4.46. The van der Waals surface area contributed by atoms with Crippen molar-refractivity contribution in [1.82, 2.24) is 10.3 Å². The molecule has 1 saturated heterocycles. The molecule has 0 bridgehead atoms. The number of thiazole rings is 1. The molecule has 26 heavy (non-hydrogen) atoms. The Morgan fingerprint density at radius 3 is 2.85 bits per heavy atom. The highest BCUT2D eigenvalue weighted by Crippen LogP contribution is 2.37. The Morgan fingerprint density at radius 1 is 1.38 bits per heavy atom. The van der Waals surface area contributed by atoms with E-state index in [0.29, 0.717) is 19.8 Å². The third-order valence-electron chi connectivity index (χ3n) is 3.69. The molecular weight excluding hydrogens is 391 g/mol. The summed E-state index contributed by atoms with van der Waals surface area (Å²) < 4.78 is 44.6. The van der Waals surface area contributed by atoms with Crippen molar-refractivity contribution < 1.29 is 22.7 Å². The lowest BCUT2D eigenvalue weighted by molar-refractivity contribution is -0.137. The predicted octanol–water partition coefficient (Wildman–Crippen LogP) is 3.57. The third-order valence-corrected chi connectivity index (χ3v) is 4.45. The van der Waals surface area contributed by atoms with Crippen LogP contribution in [0.25, 0.3) is 11.3 Å². The molecule has 3 rings (SSSR count). The van der Waals surface area contributed by atoms with Crippen LogP contribution < -0.4 is 10.6 Å². The molecular formula is C16H17ClF3N3O2S. The van der Waals surface area contributed by atoms with Crippen molar-refractivity contribution in [3.63, 3.8) is 0 Å². The molecule has 5 nitrogen and oxygen atoms in total. The summed E-state index contributed by atoms with van der Waals surface area (Å²) in [6, 6.07) is 5.17. The van der Waals surface area contributed by atoms with Gasteiger partial charge in [0.25, 0.3) is 0 Å². The maximum Gasteiger partial charge on any atom is 0.417 e. The molecule has 2 heterocycles. The van der Waals surface area contributed by atoms with Crippen molar-refractivity contribution in [2.45, 2.75) is 18.6 Å². The number of morpholine rings is 1. The molecule has 1 unspecified atom stereocenters. The number of nitrogens with one attached hydrogen (secondary N) is 2. The molecule has 2 aromatic rings. The van der Waals surface area contributed by atoms with Crippen molar-refractivity contribution in [3.8, 4) is 11.3 Å². The number of halogens is 4. The molecule has 0 aliphatic carbocycles. The first kappa shape index (κ1) is 20.6. The standard InChI is InChI=1S/C16H16F3N3O2S.ClH/c17-16(18,19)12-4-2-1-3-11(12)13-9-25-15(21-13)22-14(23)7-10-8-24-6-5-20-10;/h1-4,9-10,20H,5-8H2,(H,21,22,23);1H. The topological polar surface area (TPSA) is 63.2 Å². The average Bonchev–Trinajstić information content (AvgIpc) is 3.03. The average molecular weight is 408 g/mol. The highest BCUT2D eigenvalue weighted by Gasteiger charge is 2.33. The maximum absolute atomic E-state index is 13.1. The zero-order chi connectivity index (χ0) is 17.9. The number of carbonyl (C=O) groups excluding carboxylic acids is 1. The number of benzene rings is 1. The number of nitrogens with zero attached hydrogens (tertiary/aromatic N) is 1. The molecule has 142 valence electrons. The van der Waals surface area contributed by atoms with E-state index >= 15 is 0 Å². The fourth-order valence-electron chi connectivity index (χ4n) is 2.55. The first-order valence-electron chi connectivity index (χ1n) is 7.66. The normalized spacial score (nSPS) is 17.4. The van der Waals surface area contributed by atoms with Crippen LogP contribution in [0.3, 0.4) is 0 Å². The van der Waals surface area contributed by atoms with E-state index in [9.17, 15) is 18.0 Å². The van der Waals surface area contributed by atoms with Gasteiger partial charge in [0.1, 0.15) is 0 Å². The van der Waals surface area contributed by atoms with Gasteiger partial charge in [0.15, 0.2) is 5.13 Å². The Morgan fingerprint density at radius 2 is 2.15 bits per heavy atom. The number of hydrogen-bond donors (Lipinski definition) is 2. The van der Waals surface area contributed by atoms with E-state index in [1.807, 2.05) is 0 Å². The van der Waals surface area contributed by atoms with Crippen LogP contribution in [0.2, 0.25) is 0 Å². The Hall–Kier alpha value is -1.68. The molecule has 1 aliphatic heterocycles. The highest BCUT2D eigenvalue weighted by atomic mass is 35.5. The molecule has 1 aliphatic rings. The van der Waals surface area contributed by atoms with Crippen molar-refractivity contribution in [3.05, 3.63) is 35.2 Å². The van der Waals surface area contributed by atoms with Crippen LogP contribution in [-0.4, -0.2) is 36.7 Å². The number of anilines is 1. The van der Waals surface area contributed by atoms with Crippen LogP contribution in [0.4, 0.5) is 18.3 Å². The Balaban J connectivity index is 0.00000243. The number of amides is 1. The van der Waals surface area contributed by atoms with Crippen LogP contribution in [0.1, 0.15) is 12.0 Å². The first-order chi connectivity index (χ1) is 11.9. The fraction of sp³-hybridized carbons (Fsp3) is 0.375. The number of alkyl halides is 3. The maximum atomic E-state index is 13.1. The van der Waals surface area contributed by atoms with Gasteiger partial charge in [-0.2, -0.15) is 13.2 Å². The molecule has 0 saturated carbocycles. The lowest BCUT2D eigenvalue weighted by Gasteiger charge is -2.22. The van der Waals surface area contributed by atoms with Gasteiger partial charge in [-0.05, 0) is 6.07 Å². The summed E-state index contributed by atoms with van der Waals surface area (Å²) in [5, 5.41) is 7.57. The van der Waals surface area contributed by atoms with E-state index in [0.717, 1.165) is 17.4 Å². The minimum absolute atomic E-state index is 0. The second kappa shape index (κ2) is 8.81. The van der Waals surface area contributed by atoms with Gasteiger partial charge in [0, 0.05) is 30.0 Å². The molecule has 2 N–H and O–H groups in total. The SMILES string of the molecule is Cl.O=C(CC1COCCN1)Nc1nc(-c2ccccc2C(F)(F)F)cs1. The van der Waals surface area contributed by atoms with E-state index in [1.165, 1.54) is 23.6 Å². The Kier molecular flexibility index (Phi) is 6.99. The largest absolute Gasteiger partial charge is 0.417 e. The molecule has 1 amide bonds. The highest BCUT2D eigenvalue weighted by molar-refractivity contribution is 7.14. The predicted molar refractivity (Wildman–Crippen MR) is 95.7 cm³/mol. The summed E-state index contributed by atoms with van der Waals surface area (Å²) in [5.74, 6) is -0.256. The van der Waals surface area contributed by atoms with Crippen LogP contribution >= 0.6 is 23.7 Å². The van der Waals surface area contributed by atoms with Crippen molar-refractivity contribution in [2.24, 2.45) is 0 Å². The molecule has 0 radical (unpaired) electrons. The van der Waals surface area contributed by atoms with Gasteiger partial charge in [-0.15, -0.1) is 23.7 Å². The summed E-state index contributed by atoms with van der Waals surface area (Å²) in [6.45, 7) is 1.76. The van der Waals surface area contributed by atoms with Crippen molar-refractivity contribution in [2.75, 3.05) is 25.1 Å². The zero-order valence-electron chi connectivity index (χ0n) is 13.5. The minimum Gasteiger partial charge on any atom is -0.378 e. The summed E-state index contributed by atoms with van der Waals surface area (Å²) in [6.07, 6.45) is -4.25. The lowest BCUT2D eigenvalue weighted by Crippen LogP contribution is -2.43. The summed E-state index contributed by atoms with van der Waals surface area (Å²) in [5.41, 5.74) is -0.567. The molecule has 1 aromatic heterocycles. The van der Waals surface area contributed by atoms with Gasteiger partial charge in [-0.1, -0.05) is 18.2 Å². The molecule has 10 heteroatoms. The number of rotatable bonds is 4. The van der Waals surface area contributed by atoms with Crippen molar-refractivity contribution in [1.29, 1.82) is 0 Å². The number of hydrogen-bond acceptors (Lipinski definition) is 5. The zero-order valence-corrected chi connectivity index (χ0v) is 15.1. The number of ether oxygens (including phenoxy) is 1. The second-order valence-electron chi connectivity index (χ2n) is 5.56. The Labute approximate surface area is 158 Å². The van der Waals surface area contributed by atoms with Crippen LogP contribution in [-0.2, 0) is 15.7 Å². The number of carbonyl (C=O) groups is 1. The smallest absolute Gasteiger partial charge is 0.378 e. The molecule has 1 atom stereocenters. The lowest BCUT2D eigenvalue weighted by atomic mass is 10.1. The van der Waals surface area contributed by atoms with Crippen LogP contribution in [0.5, 0.6) is 0 Å². The van der Waals surface area contributed by atoms with Gasteiger partial charge in [-0.3, -0.25) is 4.79 Å². The van der Waals surface area contributed by atoms with Gasteiger partial charge in [0.05, 0.1) is 24.5 Å². The molecule has 1 fully saturated rings. The monoisotopic (exact) mass is 407 g/mol. The van der Waals surface area contributed by atoms with E-state index in [2.05, 4.69) is 15.6 Å². The summed E-state index contributed by atoms with van der Waals surface area (Å²) in [7, 11) is 0. The van der Waals surface area contributed by atoms with Crippen LogP contribution in [0.15, 0.2) is 29.6 Å². The summed E-state index contributed by atoms with van der Waals surface area (Å²) in [4.78, 5) is 16.2. The van der Waals surface area contributed by atoms with E-state index in [-0.39, 0.29) is 47.2 Å². The third kappa shape index (κ3) is 5.16. The first-order valence-corrected chi connectivity index (χ1v) is 8.54. The molecule has 0 spiro atoms. The van der Waals surface area contributed by atoms with E-state index < -0.39 is 11.7 Å². The quantitative estimate of drug-likeness (QED) is 0.813. The Bertz CT molecular complexity index is 748. The van der Waals surface area contributed by atoms with Gasteiger partial charge in [0.2, 0.25) is 5.91 Å². The van der Waals surface area contributed by atoms with Crippen LogP contribution in [0, 0.1) is 0 Å². The second-order valence-corrected chi connectivity index (χ2v) is 6.42. The van der Waals surface area contributed by atoms with Gasteiger partial charge < -0.3 is 15.4 Å².